The first-order valence-corrected chi connectivity index (χ1v) is 9.63. The van der Waals surface area contributed by atoms with E-state index in [4.69, 9.17) is 0 Å². The van der Waals surface area contributed by atoms with Gasteiger partial charge in [0.15, 0.2) is 15.5 Å². The van der Waals surface area contributed by atoms with Gasteiger partial charge in [-0.1, -0.05) is 6.92 Å². The van der Waals surface area contributed by atoms with Crippen LogP contribution in [0.2, 0.25) is 0 Å². The second-order valence-corrected chi connectivity index (χ2v) is 8.14. The number of amides is 1. The molecule has 0 spiro atoms. The number of carbonyl (C=O) groups excluding carboxylic acids is 1. The van der Waals surface area contributed by atoms with Gasteiger partial charge < -0.3 is 5.32 Å². The SMILES string of the molecule is CCCNC(=O)Cn1cnc2c(cnn2C2CCS(=O)(=O)C2)c1=O. The zero-order valence-corrected chi connectivity index (χ0v) is 14.1. The lowest BCUT2D eigenvalue weighted by molar-refractivity contribution is -0.121. The van der Waals surface area contributed by atoms with Gasteiger partial charge in [-0.15, -0.1) is 0 Å². The number of rotatable bonds is 5. The van der Waals surface area contributed by atoms with Gasteiger partial charge in [0.1, 0.15) is 18.3 Å². The Bertz CT molecular complexity index is 930. The molecule has 0 aromatic carbocycles. The van der Waals surface area contributed by atoms with Crippen molar-refractivity contribution in [3.63, 3.8) is 0 Å². The first kappa shape index (κ1) is 16.6. The maximum Gasteiger partial charge on any atom is 0.264 e. The number of hydrogen-bond donors (Lipinski definition) is 1. The van der Waals surface area contributed by atoms with Gasteiger partial charge in [-0.25, -0.2) is 18.1 Å². The molecule has 10 heteroatoms. The summed E-state index contributed by atoms with van der Waals surface area (Å²) in [7, 11) is -3.06. The molecule has 1 amide bonds. The Labute approximate surface area is 138 Å². The van der Waals surface area contributed by atoms with Crippen molar-refractivity contribution in [2.75, 3.05) is 18.1 Å². The fourth-order valence-corrected chi connectivity index (χ4v) is 4.48. The molecule has 1 saturated heterocycles. The molecule has 9 nitrogen and oxygen atoms in total. The highest BCUT2D eigenvalue weighted by molar-refractivity contribution is 7.91. The van der Waals surface area contributed by atoms with Crippen molar-refractivity contribution in [3.05, 3.63) is 22.9 Å². The second-order valence-electron chi connectivity index (χ2n) is 5.91. The highest BCUT2D eigenvalue weighted by Crippen LogP contribution is 2.25. The highest BCUT2D eigenvalue weighted by Gasteiger charge is 2.31. The van der Waals surface area contributed by atoms with Crippen LogP contribution in [0, 0.1) is 0 Å². The predicted octanol–water partition coefficient (Wildman–Crippen LogP) is -0.521. The molecule has 0 saturated carbocycles. The van der Waals surface area contributed by atoms with Crippen molar-refractivity contribution in [2.24, 2.45) is 0 Å². The lowest BCUT2D eigenvalue weighted by Crippen LogP contribution is -2.32. The predicted molar refractivity (Wildman–Crippen MR) is 87.4 cm³/mol. The molecular weight excluding hydrogens is 334 g/mol. The van der Waals surface area contributed by atoms with Crippen molar-refractivity contribution in [1.82, 2.24) is 24.6 Å². The van der Waals surface area contributed by atoms with Crippen LogP contribution < -0.4 is 10.9 Å². The molecule has 2 aromatic heterocycles. The van der Waals surface area contributed by atoms with Gasteiger partial charge in [0, 0.05) is 6.54 Å². The summed E-state index contributed by atoms with van der Waals surface area (Å²) < 4.78 is 26.0. The number of hydrogen-bond acceptors (Lipinski definition) is 6. The summed E-state index contributed by atoms with van der Waals surface area (Å²) in [6.07, 6.45) is 3.96. The molecule has 0 radical (unpaired) electrons. The Morgan fingerprint density at radius 1 is 1.46 bits per heavy atom. The van der Waals surface area contributed by atoms with Crippen molar-refractivity contribution >= 4 is 26.8 Å². The lowest BCUT2D eigenvalue weighted by atomic mass is 10.3. The second kappa shape index (κ2) is 6.34. The van der Waals surface area contributed by atoms with E-state index in [9.17, 15) is 18.0 Å². The number of aromatic nitrogens is 4. The van der Waals surface area contributed by atoms with Gasteiger partial charge in [-0.05, 0) is 12.8 Å². The van der Waals surface area contributed by atoms with E-state index in [0.717, 1.165) is 6.42 Å². The number of fused-ring (bicyclic) bond motifs is 1. The third-order valence-electron chi connectivity index (χ3n) is 4.02. The van der Waals surface area contributed by atoms with Crippen LogP contribution in [0.4, 0.5) is 0 Å². The van der Waals surface area contributed by atoms with Crippen LogP contribution in [0.15, 0.2) is 17.3 Å². The molecule has 1 unspecified atom stereocenters. The minimum absolute atomic E-state index is 0.00791. The molecular formula is C14H19N5O4S. The molecule has 1 aliphatic rings. The van der Waals surface area contributed by atoms with E-state index in [1.165, 1.54) is 21.8 Å². The third-order valence-corrected chi connectivity index (χ3v) is 5.77. The highest BCUT2D eigenvalue weighted by atomic mass is 32.2. The van der Waals surface area contributed by atoms with E-state index in [0.29, 0.717) is 18.6 Å². The lowest BCUT2D eigenvalue weighted by Gasteiger charge is -2.10. The Balaban J connectivity index is 1.89. The standard InChI is InChI=1S/C14H19N5O4S/c1-2-4-15-12(20)7-18-9-16-13-11(14(18)21)6-17-19(13)10-3-5-24(22,23)8-10/h6,9-10H,2-5,7-8H2,1H3,(H,15,20). The molecule has 3 heterocycles. The van der Waals surface area contributed by atoms with Gasteiger partial charge in [0.05, 0.1) is 23.7 Å². The van der Waals surface area contributed by atoms with Crippen LogP contribution in [0.3, 0.4) is 0 Å². The molecule has 0 aliphatic carbocycles. The maximum atomic E-state index is 12.5. The van der Waals surface area contributed by atoms with E-state index in [2.05, 4.69) is 15.4 Å². The smallest absolute Gasteiger partial charge is 0.264 e. The van der Waals surface area contributed by atoms with E-state index in [-0.39, 0.29) is 40.9 Å². The van der Waals surface area contributed by atoms with E-state index < -0.39 is 9.84 Å². The number of sulfone groups is 1. The number of nitrogens with zero attached hydrogens (tertiary/aromatic N) is 4. The van der Waals surface area contributed by atoms with E-state index >= 15 is 0 Å². The van der Waals surface area contributed by atoms with Crippen LogP contribution in [-0.4, -0.2) is 51.7 Å². The van der Waals surface area contributed by atoms with Gasteiger partial charge >= 0.3 is 0 Å². The minimum atomic E-state index is -3.06. The fraction of sp³-hybridized carbons (Fsp3) is 0.571. The average molecular weight is 353 g/mol. The fourth-order valence-electron chi connectivity index (χ4n) is 2.79. The number of nitrogens with one attached hydrogen (secondary N) is 1. The summed E-state index contributed by atoms with van der Waals surface area (Å²) in [6.45, 7) is 2.39. The van der Waals surface area contributed by atoms with Crippen LogP contribution >= 0.6 is 0 Å². The first-order valence-electron chi connectivity index (χ1n) is 7.81. The van der Waals surface area contributed by atoms with Gasteiger partial charge in [-0.2, -0.15) is 5.10 Å². The Hall–Kier alpha value is -2.23. The Morgan fingerprint density at radius 2 is 2.25 bits per heavy atom. The quantitative estimate of drug-likeness (QED) is 0.773. The summed E-state index contributed by atoms with van der Waals surface area (Å²) in [6, 6.07) is -0.303. The van der Waals surface area contributed by atoms with E-state index in [1.807, 2.05) is 6.92 Å². The molecule has 1 atom stereocenters. The van der Waals surface area contributed by atoms with Crippen LogP contribution in [0.25, 0.3) is 11.0 Å². The summed E-state index contributed by atoms with van der Waals surface area (Å²) in [5.74, 6) is -0.129. The minimum Gasteiger partial charge on any atom is -0.355 e. The molecule has 1 fully saturated rings. The van der Waals surface area contributed by atoms with Crippen LogP contribution in [0.5, 0.6) is 0 Å². The van der Waals surface area contributed by atoms with Gasteiger partial charge in [0.25, 0.3) is 5.56 Å². The summed E-state index contributed by atoms with van der Waals surface area (Å²) in [5, 5.41) is 7.13. The molecule has 0 bridgehead atoms. The van der Waals surface area contributed by atoms with Crippen molar-refractivity contribution in [3.8, 4) is 0 Å². The summed E-state index contributed by atoms with van der Waals surface area (Å²) in [4.78, 5) is 28.4. The largest absolute Gasteiger partial charge is 0.355 e. The van der Waals surface area contributed by atoms with Gasteiger partial charge in [0.2, 0.25) is 5.91 Å². The zero-order chi connectivity index (χ0) is 17.3. The maximum absolute atomic E-state index is 12.5. The summed E-state index contributed by atoms with van der Waals surface area (Å²) in [5.41, 5.74) is -0.00827. The topological polar surface area (TPSA) is 116 Å². The third kappa shape index (κ3) is 3.18. The molecule has 130 valence electrons. The average Bonchev–Trinajstić information content (AvgIpc) is 3.11. The van der Waals surface area contributed by atoms with Crippen molar-refractivity contribution < 1.29 is 13.2 Å². The molecule has 2 aromatic rings. The van der Waals surface area contributed by atoms with Gasteiger partial charge in [-0.3, -0.25) is 14.2 Å². The molecule has 1 N–H and O–H groups in total. The Kier molecular flexibility index (Phi) is 4.39. The van der Waals surface area contributed by atoms with Crippen molar-refractivity contribution in [1.29, 1.82) is 0 Å². The zero-order valence-electron chi connectivity index (χ0n) is 13.3. The van der Waals surface area contributed by atoms with Crippen LogP contribution in [0.1, 0.15) is 25.8 Å². The van der Waals surface area contributed by atoms with Crippen LogP contribution in [-0.2, 0) is 21.2 Å². The Morgan fingerprint density at radius 3 is 2.92 bits per heavy atom. The first-order chi connectivity index (χ1) is 11.4. The summed E-state index contributed by atoms with van der Waals surface area (Å²) >= 11 is 0. The van der Waals surface area contributed by atoms with Crippen molar-refractivity contribution in [2.45, 2.75) is 32.4 Å². The molecule has 3 rings (SSSR count). The molecule has 1 aliphatic heterocycles. The normalized spacial score (nSPS) is 19.6. The molecule has 24 heavy (non-hydrogen) atoms. The monoisotopic (exact) mass is 353 g/mol. The number of carbonyl (C=O) groups is 1. The van der Waals surface area contributed by atoms with E-state index in [1.54, 1.807) is 0 Å².